The highest BCUT2D eigenvalue weighted by Gasteiger charge is 2.26. The zero-order valence-corrected chi connectivity index (χ0v) is 10.6. The SMILES string of the molecule is Cc1cc(NC(=O)C2CCNc3ccccc32)no1. The number of fused-ring (bicyclic) bond motifs is 1. The second kappa shape index (κ2) is 4.76. The molecule has 1 atom stereocenters. The summed E-state index contributed by atoms with van der Waals surface area (Å²) in [6.45, 7) is 2.59. The maximum Gasteiger partial charge on any atom is 0.233 e. The minimum Gasteiger partial charge on any atom is -0.385 e. The number of nitrogens with zero attached hydrogens (tertiary/aromatic N) is 1. The molecule has 1 unspecified atom stereocenters. The number of amides is 1. The number of aryl methyl sites for hydroxylation is 1. The van der Waals surface area contributed by atoms with Crippen LogP contribution in [0.5, 0.6) is 0 Å². The van der Waals surface area contributed by atoms with Crippen molar-refractivity contribution >= 4 is 17.4 Å². The van der Waals surface area contributed by atoms with E-state index in [1.54, 1.807) is 13.0 Å². The Kier molecular flexibility index (Phi) is 2.95. The fourth-order valence-electron chi connectivity index (χ4n) is 2.38. The number of carbonyl (C=O) groups excluding carboxylic acids is 1. The number of hydrogen-bond donors (Lipinski definition) is 2. The largest absolute Gasteiger partial charge is 0.385 e. The van der Waals surface area contributed by atoms with Crippen LogP contribution in [0.1, 0.15) is 23.7 Å². The second-order valence-electron chi connectivity index (χ2n) is 4.67. The molecule has 3 rings (SSSR count). The van der Waals surface area contributed by atoms with Crippen LogP contribution in [0.15, 0.2) is 34.9 Å². The van der Waals surface area contributed by atoms with Crippen LogP contribution in [0.4, 0.5) is 11.5 Å². The molecule has 0 fully saturated rings. The van der Waals surface area contributed by atoms with Crippen LogP contribution in [0, 0.1) is 6.92 Å². The Morgan fingerprint density at radius 2 is 2.32 bits per heavy atom. The van der Waals surface area contributed by atoms with Gasteiger partial charge in [-0.25, -0.2) is 0 Å². The van der Waals surface area contributed by atoms with E-state index >= 15 is 0 Å². The first kappa shape index (κ1) is 11.8. The van der Waals surface area contributed by atoms with Crippen molar-refractivity contribution in [2.75, 3.05) is 17.2 Å². The summed E-state index contributed by atoms with van der Waals surface area (Å²) in [4.78, 5) is 12.3. The zero-order chi connectivity index (χ0) is 13.2. The summed E-state index contributed by atoms with van der Waals surface area (Å²) in [7, 11) is 0. The molecule has 2 aromatic rings. The van der Waals surface area contributed by atoms with Gasteiger partial charge in [0.25, 0.3) is 0 Å². The maximum absolute atomic E-state index is 12.3. The molecule has 0 bridgehead atoms. The molecular formula is C14H15N3O2. The Bertz CT molecular complexity index is 606. The molecule has 1 aliphatic rings. The number of rotatable bonds is 2. The van der Waals surface area contributed by atoms with E-state index in [2.05, 4.69) is 15.8 Å². The minimum absolute atomic E-state index is 0.0396. The predicted octanol–water partition coefficient (Wildman–Crippen LogP) is 2.52. The first-order chi connectivity index (χ1) is 9.24. The Morgan fingerprint density at radius 1 is 1.47 bits per heavy atom. The molecule has 1 aliphatic heterocycles. The van der Waals surface area contributed by atoms with E-state index in [0.717, 1.165) is 24.2 Å². The average molecular weight is 257 g/mol. The molecular weight excluding hydrogens is 242 g/mol. The van der Waals surface area contributed by atoms with Crippen molar-refractivity contribution < 1.29 is 9.32 Å². The lowest BCUT2D eigenvalue weighted by atomic mass is 9.90. The molecule has 0 aliphatic carbocycles. The van der Waals surface area contributed by atoms with E-state index in [1.165, 1.54) is 0 Å². The molecule has 5 nitrogen and oxygen atoms in total. The topological polar surface area (TPSA) is 67.2 Å². The molecule has 0 radical (unpaired) electrons. The number of nitrogens with one attached hydrogen (secondary N) is 2. The lowest BCUT2D eigenvalue weighted by molar-refractivity contribution is -0.117. The van der Waals surface area contributed by atoms with E-state index in [-0.39, 0.29) is 11.8 Å². The fraction of sp³-hybridized carbons (Fsp3) is 0.286. The van der Waals surface area contributed by atoms with Crippen molar-refractivity contribution in [1.29, 1.82) is 0 Å². The Balaban J connectivity index is 1.81. The molecule has 2 heterocycles. The predicted molar refractivity (Wildman–Crippen MR) is 72.2 cm³/mol. The molecule has 1 aromatic heterocycles. The van der Waals surface area contributed by atoms with E-state index in [1.807, 2.05) is 24.3 Å². The number of carbonyl (C=O) groups is 1. The van der Waals surface area contributed by atoms with Gasteiger partial charge in [0.05, 0.1) is 5.92 Å². The molecule has 5 heteroatoms. The van der Waals surface area contributed by atoms with Gasteiger partial charge in [-0.05, 0) is 25.0 Å². The number of anilines is 2. The van der Waals surface area contributed by atoms with Crippen molar-refractivity contribution in [3.05, 3.63) is 41.7 Å². The quantitative estimate of drug-likeness (QED) is 0.867. The number of para-hydroxylation sites is 1. The lowest BCUT2D eigenvalue weighted by Gasteiger charge is -2.25. The van der Waals surface area contributed by atoms with Crippen molar-refractivity contribution in [2.24, 2.45) is 0 Å². The van der Waals surface area contributed by atoms with Gasteiger partial charge < -0.3 is 15.2 Å². The van der Waals surface area contributed by atoms with Crippen molar-refractivity contribution in [3.8, 4) is 0 Å². The summed E-state index contributed by atoms with van der Waals surface area (Å²) in [6.07, 6.45) is 0.777. The normalized spacial score (nSPS) is 17.4. The van der Waals surface area contributed by atoms with Crippen LogP contribution < -0.4 is 10.6 Å². The Labute approximate surface area is 111 Å². The molecule has 19 heavy (non-hydrogen) atoms. The van der Waals surface area contributed by atoms with Crippen molar-refractivity contribution in [3.63, 3.8) is 0 Å². The summed E-state index contributed by atoms with van der Waals surface area (Å²) in [5, 5.41) is 9.89. The molecule has 1 amide bonds. The first-order valence-electron chi connectivity index (χ1n) is 6.31. The van der Waals surface area contributed by atoms with E-state index in [9.17, 15) is 4.79 Å². The van der Waals surface area contributed by atoms with Gasteiger partial charge in [0, 0.05) is 18.3 Å². The third-order valence-electron chi connectivity index (χ3n) is 3.28. The fourth-order valence-corrected chi connectivity index (χ4v) is 2.38. The molecule has 0 saturated heterocycles. The summed E-state index contributed by atoms with van der Waals surface area (Å²) in [5.41, 5.74) is 2.07. The van der Waals surface area contributed by atoms with Crippen LogP contribution in [0.25, 0.3) is 0 Å². The highest BCUT2D eigenvalue weighted by atomic mass is 16.5. The third kappa shape index (κ3) is 2.31. The van der Waals surface area contributed by atoms with Gasteiger partial charge >= 0.3 is 0 Å². The van der Waals surface area contributed by atoms with Gasteiger partial charge in [0.2, 0.25) is 5.91 Å². The summed E-state index contributed by atoms with van der Waals surface area (Å²) >= 11 is 0. The highest BCUT2D eigenvalue weighted by molar-refractivity contribution is 5.96. The highest BCUT2D eigenvalue weighted by Crippen LogP contribution is 2.32. The van der Waals surface area contributed by atoms with Crippen LogP contribution in [-0.4, -0.2) is 17.6 Å². The second-order valence-corrected chi connectivity index (χ2v) is 4.67. The van der Waals surface area contributed by atoms with Gasteiger partial charge in [-0.3, -0.25) is 4.79 Å². The standard InChI is InChI=1S/C14H15N3O2/c1-9-8-13(17-19-9)16-14(18)11-6-7-15-12-5-3-2-4-10(11)12/h2-5,8,11,15H,6-7H2,1H3,(H,16,17,18). The molecule has 1 aromatic carbocycles. The van der Waals surface area contributed by atoms with E-state index in [4.69, 9.17) is 4.52 Å². The van der Waals surface area contributed by atoms with Gasteiger partial charge in [-0.1, -0.05) is 23.4 Å². The third-order valence-corrected chi connectivity index (χ3v) is 3.28. The minimum atomic E-state index is -0.144. The first-order valence-corrected chi connectivity index (χ1v) is 6.31. The summed E-state index contributed by atoms with van der Waals surface area (Å²) < 4.78 is 4.95. The molecule has 0 saturated carbocycles. The van der Waals surface area contributed by atoms with Gasteiger partial charge in [-0.15, -0.1) is 0 Å². The monoisotopic (exact) mass is 257 g/mol. The lowest BCUT2D eigenvalue weighted by Crippen LogP contribution is -2.27. The zero-order valence-electron chi connectivity index (χ0n) is 10.6. The molecule has 2 N–H and O–H groups in total. The smallest absolute Gasteiger partial charge is 0.233 e. The van der Waals surface area contributed by atoms with E-state index < -0.39 is 0 Å². The van der Waals surface area contributed by atoms with Crippen molar-refractivity contribution in [2.45, 2.75) is 19.3 Å². The molecule has 0 spiro atoms. The number of benzene rings is 1. The van der Waals surface area contributed by atoms with Gasteiger partial charge in [0.1, 0.15) is 5.76 Å². The number of aromatic nitrogens is 1. The molecule has 98 valence electrons. The summed E-state index contributed by atoms with van der Waals surface area (Å²) in [6, 6.07) is 9.61. The van der Waals surface area contributed by atoms with Crippen LogP contribution in [-0.2, 0) is 4.79 Å². The van der Waals surface area contributed by atoms with Gasteiger partial charge in [-0.2, -0.15) is 0 Å². The average Bonchev–Trinajstić information content (AvgIpc) is 2.83. The van der Waals surface area contributed by atoms with Crippen LogP contribution in [0.3, 0.4) is 0 Å². The van der Waals surface area contributed by atoms with Crippen molar-refractivity contribution in [1.82, 2.24) is 5.16 Å². The maximum atomic E-state index is 12.3. The van der Waals surface area contributed by atoms with Gasteiger partial charge in [0.15, 0.2) is 5.82 Å². The van der Waals surface area contributed by atoms with Crippen LogP contribution in [0.2, 0.25) is 0 Å². The van der Waals surface area contributed by atoms with E-state index in [0.29, 0.717) is 11.6 Å². The Morgan fingerprint density at radius 3 is 3.11 bits per heavy atom. The summed E-state index contributed by atoms with van der Waals surface area (Å²) in [5.74, 6) is 0.969. The van der Waals surface area contributed by atoms with Crippen LogP contribution >= 0.6 is 0 Å². The number of hydrogen-bond acceptors (Lipinski definition) is 4. The Hall–Kier alpha value is -2.30.